The number of halogens is 2. The van der Waals surface area contributed by atoms with Crippen LogP contribution in [0.15, 0.2) is 48.5 Å². The third-order valence-electron chi connectivity index (χ3n) is 5.23. The zero-order valence-corrected chi connectivity index (χ0v) is 22.6. The number of hydrogen-bond acceptors (Lipinski definition) is 7. The van der Waals surface area contributed by atoms with Crippen LogP contribution in [0.5, 0.6) is 11.5 Å². The van der Waals surface area contributed by atoms with Crippen LogP contribution in [0.25, 0.3) is 0 Å². The third kappa shape index (κ3) is 11.3. The largest absolute Gasteiger partial charge is 0.515 e. The van der Waals surface area contributed by atoms with Crippen LogP contribution in [0.2, 0.25) is 0 Å². The molecular formula is C25H36ClFNO6P. The van der Waals surface area contributed by atoms with Crippen molar-refractivity contribution in [3.8, 4) is 11.5 Å². The topological polar surface area (TPSA) is 66.5 Å². The lowest BCUT2D eigenvalue weighted by Gasteiger charge is -2.23. The summed E-state index contributed by atoms with van der Waals surface area (Å²) in [7, 11) is 0.620. The van der Waals surface area contributed by atoms with Crippen LogP contribution >= 0.6 is 19.5 Å². The number of para-hydroxylation sites is 1. The van der Waals surface area contributed by atoms with Crippen molar-refractivity contribution in [3.05, 3.63) is 59.7 Å². The maximum atomic E-state index is 14.1. The van der Waals surface area contributed by atoms with Crippen LogP contribution in [0, 0.1) is 0 Å². The Morgan fingerprint density at radius 2 is 1.83 bits per heavy atom. The van der Waals surface area contributed by atoms with Gasteiger partial charge in [0.2, 0.25) is 0 Å². The summed E-state index contributed by atoms with van der Waals surface area (Å²) in [6, 6.07) is 15.8. The number of aryl methyl sites for hydroxylation is 2. The molecule has 0 bridgehead atoms. The first-order valence-corrected chi connectivity index (χ1v) is 13.3. The van der Waals surface area contributed by atoms with E-state index in [0.717, 1.165) is 29.9 Å². The Balaban J connectivity index is 1.93. The van der Waals surface area contributed by atoms with E-state index in [0.29, 0.717) is 6.54 Å². The number of hydrogen-bond donors (Lipinski definition) is 0. The van der Waals surface area contributed by atoms with E-state index >= 15 is 0 Å². The fourth-order valence-electron chi connectivity index (χ4n) is 3.20. The maximum Gasteiger partial charge on any atom is 0.515 e. The molecule has 0 amide bonds. The first-order chi connectivity index (χ1) is 16.6. The Labute approximate surface area is 213 Å². The lowest BCUT2D eigenvalue weighted by molar-refractivity contribution is -0.0702. The molecule has 7 nitrogen and oxygen atoms in total. The maximum absolute atomic E-state index is 14.1. The quantitative estimate of drug-likeness (QED) is 0.152. The number of ether oxygens (including phenoxy) is 3. The van der Waals surface area contributed by atoms with Crippen LogP contribution in [0.3, 0.4) is 0 Å². The SMILES string of the molecule is COc1cccc(CCc2ccccc2OCC(CN(C)C)OCOP(=O)(F)OC(C)C(C)Cl)c1. The average Bonchev–Trinajstić information content (AvgIpc) is 2.81. The highest BCUT2D eigenvalue weighted by Gasteiger charge is 2.29. The van der Waals surface area contributed by atoms with Gasteiger partial charge in [-0.05, 0) is 70.1 Å². The van der Waals surface area contributed by atoms with Gasteiger partial charge in [-0.2, -0.15) is 0 Å². The highest BCUT2D eigenvalue weighted by Crippen LogP contribution is 2.51. The van der Waals surface area contributed by atoms with Gasteiger partial charge in [-0.1, -0.05) is 30.3 Å². The van der Waals surface area contributed by atoms with Gasteiger partial charge in [0.1, 0.15) is 24.2 Å². The van der Waals surface area contributed by atoms with Crippen LogP contribution in [-0.4, -0.2) is 63.6 Å². The first-order valence-electron chi connectivity index (χ1n) is 11.5. The van der Waals surface area contributed by atoms with Crippen molar-refractivity contribution in [3.63, 3.8) is 0 Å². The van der Waals surface area contributed by atoms with Gasteiger partial charge < -0.3 is 19.1 Å². The second-order valence-electron chi connectivity index (χ2n) is 8.49. The molecule has 4 atom stereocenters. The summed E-state index contributed by atoms with van der Waals surface area (Å²) < 4.78 is 52.5. The number of alkyl halides is 1. The summed E-state index contributed by atoms with van der Waals surface area (Å²) in [6.45, 7) is 3.27. The molecule has 0 aliphatic heterocycles. The smallest absolute Gasteiger partial charge is 0.497 e. The molecular weight excluding hydrogens is 496 g/mol. The molecule has 10 heteroatoms. The van der Waals surface area contributed by atoms with Crippen molar-refractivity contribution >= 4 is 19.5 Å². The Morgan fingerprint density at radius 1 is 1.09 bits per heavy atom. The van der Waals surface area contributed by atoms with Gasteiger partial charge >= 0.3 is 7.91 Å². The van der Waals surface area contributed by atoms with E-state index in [1.807, 2.05) is 61.5 Å². The van der Waals surface area contributed by atoms with Crippen molar-refractivity contribution in [1.82, 2.24) is 4.90 Å². The van der Waals surface area contributed by atoms with Gasteiger partial charge in [-0.25, -0.2) is 4.57 Å². The minimum Gasteiger partial charge on any atom is -0.497 e. The van der Waals surface area contributed by atoms with Crippen molar-refractivity contribution in [1.29, 1.82) is 0 Å². The normalized spacial score (nSPS) is 15.9. The number of benzene rings is 2. The standard InChI is InChI=1S/C25H36ClFNO6P/c1-19(26)20(2)34-35(27,29)33-18-32-24(16-28(3)4)17-31-25-12-7-6-10-22(25)14-13-21-9-8-11-23(15-21)30-5/h6-12,15,19-20,24H,13-14,16-18H2,1-5H3. The molecule has 0 aliphatic rings. The zero-order chi connectivity index (χ0) is 25.8. The second kappa shape index (κ2) is 14.8. The van der Waals surface area contributed by atoms with Crippen molar-refractivity contribution in [2.75, 3.05) is 41.1 Å². The molecule has 0 aliphatic carbocycles. The van der Waals surface area contributed by atoms with Crippen molar-refractivity contribution in [2.45, 2.75) is 44.3 Å². The summed E-state index contributed by atoms with van der Waals surface area (Å²) in [4.78, 5) is 1.91. The summed E-state index contributed by atoms with van der Waals surface area (Å²) in [5, 5.41) is -0.525. The Bertz CT molecular complexity index is 948. The molecule has 2 rings (SSSR count). The van der Waals surface area contributed by atoms with Crippen LogP contribution in [0.4, 0.5) is 4.20 Å². The predicted octanol–water partition coefficient (Wildman–Crippen LogP) is 5.89. The van der Waals surface area contributed by atoms with Gasteiger partial charge in [0.15, 0.2) is 6.79 Å². The molecule has 0 fully saturated rings. The number of rotatable bonds is 16. The van der Waals surface area contributed by atoms with Crippen molar-refractivity contribution < 1.29 is 32.0 Å². The minimum absolute atomic E-state index is 0.199. The number of methoxy groups -OCH3 is 1. The highest BCUT2D eigenvalue weighted by atomic mass is 35.5. The van der Waals surface area contributed by atoms with Crippen LogP contribution < -0.4 is 9.47 Å². The lowest BCUT2D eigenvalue weighted by Crippen LogP contribution is -2.34. The molecule has 0 heterocycles. The van der Waals surface area contributed by atoms with E-state index in [-0.39, 0.29) is 6.61 Å². The van der Waals surface area contributed by atoms with Gasteiger partial charge in [-0.3, -0.25) is 9.05 Å². The van der Waals surface area contributed by atoms with Crippen LogP contribution in [-0.2, 0) is 31.2 Å². The second-order valence-corrected chi connectivity index (χ2v) is 10.5. The predicted molar refractivity (Wildman–Crippen MR) is 136 cm³/mol. The first kappa shape index (κ1) is 29.6. The summed E-state index contributed by atoms with van der Waals surface area (Å²) in [5.41, 5.74) is 2.22. The molecule has 0 radical (unpaired) electrons. The lowest BCUT2D eigenvalue weighted by atomic mass is 10.0. The summed E-state index contributed by atoms with van der Waals surface area (Å²) in [6.07, 6.45) is 0.377. The molecule has 0 aromatic heterocycles. The molecule has 35 heavy (non-hydrogen) atoms. The fourth-order valence-corrected chi connectivity index (χ4v) is 4.15. The molecule has 0 saturated carbocycles. The molecule has 0 saturated heterocycles. The minimum atomic E-state index is -4.79. The van der Waals surface area contributed by atoms with E-state index in [2.05, 4.69) is 6.07 Å². The Morgan fingerprint density at radius 3 is 2.51 bits per heavy atom. The zero-order valence-electron chi connectivity index (χ0n) is 21.0. The van der Waals surface area contributed by atoms with Gasteiger partial charge in [0.25, 0.3) is 0 Å². The van der Waals surface area contributed by atoms with Gasteiger partial charge in [0.05, 0.1) is 18.6 Å². The number of likely N-dealkylation sites (N-methyl/N-ethyl adjacent to an activating group) is 1. The molecule has 196 valence electrons. The van der Waals surface area contributed by atoms with E-state index in [1.54, 1.807) is 14.0 Å². The molecule has 0 N–H and O–H groups in total. The van der Waals surface area contributed by atoms with Gasteiger partial charge in [0, 0.05) is 6.54 Å². The highest BCUT2D eigenvalue weighted by molar-refractivity contribution is 7.48. The molecule has 2 aromatic rings. The monoisotopic (exact) mass is 531 g/mol. The van der Waals surface area contributed by atoms with E-state index in [9.17, 15) is 8.76 Å². The summed E-state index contributed by atoms with van der Waals surface area (Å²) in [5.74, 6) is 1.57. The Kier molecular flexibility index (Phi) is 12.5. The number of nitrogens with zero attached hydrogens (tertiary/aromatic N) is 1. The fraction of sp³-hybridized carbons (Fsp3) is 0.520. The van der Waals surface area contributed by atoms with E-state index in [1.165, 1.54) is 12.5 Å². The third-order valence-corrected chi connectivity index (χ3v) is 6.59. The molecule has 2 aromatic carbocycles. The van der Waals surface area contributed by atoms with E-state index in [4.69, 9.17) is 34.9 Å². The van der Waals surface area contributed by atoms with Crippen molar-refractivity contribution in [2.24, 2.45) is 0 Å². The van der Waals surface area contributed by atoms with E-state index < -0.39 is 32.3 Å². The molecule has 0 spiro atoms. The summed E-state index contributed by atoms with van der Waals surface area (Å²) >= 11 is 5.83. The van der Waals surface area contributed by atoms with Gasteiger partial charge in [-0.15, -0.1) is 15.8 Å². The molecule has 4 unspecified atom stereocenters. The average molecular weight is 532 g/mol. The Hall–Kier alpha value is -1.67. The van der Waals surface area contributed by atoms with Crippen LogP contribution in [0.1, 0.15) is 25.0 Å².